The van der Waals surface area contributed by atoms with E-state index >= 15 is 0 Å². The summed E-state index contributed by atoms with van der Waals surface area (Å²) in [7, 11) is -3.66. The minimum absolute atomic E-state index is 0.151. The Morgan fingerprint density at radius 2 is 1.44 bits per heavy atom. The second-order valence-electron chi connectivity index (χ2n) is 6.91. The first-order valence-corrected chi connectivity index (χ1v) is 10.4. The highest BCUT2D eigenvalue weighted by molar-refractivity contribution is 7.89. The Morgan fingerprint density at radius 1 is 0.852 bits per heavy atom. The zero-order chi connectivity index (χ0) is 19.2. The van der Waals surface area contributed by atoms with Crippen molar-refractivity contribution in [2.45, 2.75) is 31.1 Å². The minimum atomic E-state index is -3.66. The standard InChI is InChI=1S/C20H20N2O4S/c1-14-9-10-15(13-18(14)27(25,26)21-11-5-2-6-12-21)22-19(23)16-7-3-4-8-17(16)20(22)24/h3-4,7-10,13H,2,5-6,11-12H2,1H3. The maximum absolute atomic E-state index is 13.1. The third-order valence-electron chi connectivity index (χ3n) is 5.16. The first-order chi connectivity index (χ1) is 12.9. The lowest BCUT2D eigenvalue weighted by Gasteiger charge is -2.27. The average molecular weight is 384 g/mol. The molecule has 27 heavy (non-hydrogen) atoms. The maximum atomic E-state index is 13.1. The number of piperidine rings is 1. The molecule has 0 radical (unpaired) electrons. The van der Waals surface area contributed by atoms with Gasteiger partial charge in [0.25, 0.3) is 11.8 Å². The number of hydrogen-bond acceptors (Lipinski definition) is 4. The molecule has 1 fully saturated rings. The number of amides is 2. The van der Waals surface area contributed by atoms with Crippen LogP contribution in [0.2, 0.25) is 0 Å². The van der Waals surface area contributed by atoms with Crippen molar-refractivity contribution >= 4 is 27.5 Å². The van der Waals surface area contributed by atoms with Gasteiger partial charge in [0.2, 0.25) is 10.0 Å². The van der Waals surface area contributed by atoms with Crippen LogP contribution in [0.1, 0.15) is 45.5 Å². The highest BCUT2D eigenvalue weighted by Crippen LogP contribution is 2.32. The third-order valence-corrected chi connectivity index (χ3v) is 7.20. The van der Waals surface area contributed by atoms with Gasteiger partial charge in [0, 0.05) is 13.1 Å². The summed E-state index contributed by atoms with van der Waals surface area (Å²) in [6.45, 7) is 2.72. The number of sulfonamides is 1. The van der Waals surface area contributed by atoms with Crippen LogP contribution in [0, 0.1) is 6.92 Å². The van der Waals surface area contributed by atoms with Gasteiger partial charge in [0.05, 0.1) is 21.7 Å². The van der Waals surface area contributed by atoms with E-state index in [9.17, 15) is 18.0 Å². The molecule has 2 heterocycles. The van der Waals surface area contributed by atoms with Gasteiger partial charge in [0.1, 0.15) is 0 Å². The van der Waals surface area contributed by atoms with E-state index in [4.69, 9.17) is 0 Å². The molecule has 0 saturated carbocycles. The fourth-order valence-corrected chi connectivity index (χ4v) is 5.44. The monoisotopic (exact) mass is 384 g/mol. The van der Waals surface area contributed by atoms with Crippen LogP contribution in [-0.4, -0.2) is 37.6 Å². The van der Waals surface area contributed by atoms with E-state index in [0.717, 1.165) is 24.2 Å². The number of benzene rings is 2. The van der Waals surface area contributed by atoms with Gasteiger partial charge >= 0.3 is 0 Å². The summed E-state index contributed by atoms with van der Waals surface area (Å²) < 4.78 is 27.7. The van der Waals surface area contributed by atoms with Crippen LogP contribution in [0.15, 0.2) is 47.4 Å². The Balaban J connectivity index is 1.76. The molecule has 140 valence electrons. The second kappa shape index (κ2) is 6.58. The molecule has 0 bridgehead atoms. The normalized spacial score (nSPS) is 18.0. The number of hydrogen-bond donors (Lipinski definition) is 0. The van der Waals surface area contributed by atoms with Crippen LogP contribution >= 0.6 is 0 Å². The zero-order valence-electron chi connectivity index (χ0n) is 15.0. The number of fused-ring (bicyclic) bond motifs is 1. The molecule has 0 atom stereocenters. The first kappa shape index (κ1) is 17.9. The van der Waals surface area contributed by atoms with E-state index in [-0.39, 0.29) is 10.6 Å². The SMILES string of the molecule is Cc1ccc(N2C(=O)c3ccccc3C2=O)cc1S(=O)(=O)N1CCCCC1. The molecule has 0 unspecified atom stereocenters. The molecule has 0 aromatic heterocycles. The number of carbonyl (C=O) groups excluding carboxylic acids is 2. The lowest BCUT2D eigenvalue weighted by Crippen LogP contribution is -2.36. The summed E-state index contributed by atoms with van der Waals surface area (Å²) in [6.07, 6.45) is 2.72. The molecule has 0 aliphatic carbocycles. The van der Waals surface area contributed by atoms with Crippen LogP contribution in [-0.2, 0) is 10.0 Å². The lowest BCUT2D eigenvalue weighted by atomic mass is 10.1. The molecule has 1 saturated heterocycles. The average Bonchev–Trinajstić information content (AvgIpc) is 2.94. The van der Waals surface area contributed by atoms with Crippen LogP contribution in [0.4, 0.5) is 5.69 Å². The van der Waals surface area contributed by atoms with E-state index in [0.29, 0.717) is 29.8 Å². The summed E-state index contributed by atoms with van der Waals surface area (Å²) >= 11 is 0. The maximum Gasteiger partial charge on any atom is 0.266 e. The fraction of sp³-hybridized carbons (Fsp3) is 0.300. The van der Waals surface area contributed by atoms with Crippen LogP contribution in [0.5, 0.6) is 0 Å². The van der Waals surface area contributed by atoms with E-state index in [2.05, 4.69) is 0 Å². The molecule has 0 spiro atoms. The molecule has 2 aliphatic heterocycles. The van der Waals surface area contributed by atoms with Crippen LogP contribution < -0.4 is 4.90 Å². The molecule has 7 heteroatoms. The number of anilines is 1. The Morgan fingerprint density at radius 3 is 2.04 bits per heavy atom. The molecule has 4 rings (SSSR count). The predicted molar refractivity (Wildman–Crippen MR) is 101 cm³/mol. The zero-order valence-corrected chi connectivity index (χ0v) is 15.8. The van der Waals surface area contributed by atoms with Crippen LogP contribution in [0.25, 0.3) is 0 Å². The molecular weight excluding hydrogens is 364 g/mol. The van der Waals surface area contributed by atoms with Gasteiger partial charge in [-0.1, -0.05) is 24.6 Å². The Labute approximate surface area is 158 Å². The predicted octanol–water partition coefficient (Wildman–Crippen LogP) is 2.97. The number of imide groups is 1. The minimum Gasteiger partial charge on any atom is -0.268 e. The van der Waals surface area contributed by atoms with Gasteiger partial charge in [0.15, 0.2) is 0 Å². The van der Waals surface area contributed by atoms with E-state index in [1.165, 1.54) is 10.4 Å². The van der Waals surface area contributed by atoms with Crippen molar-refractivity contribution in [2.75, 3.05) is 18.0 Å². The van der Waals surface area contributed by atoms with Crippen molar-refractivity contribution in [2.24, 2.45) is 0 Å². The van der Waals surface area contributed by atoms with Crippen molar-refractivity contribution in [3.05, 3.63) is 59.2 Å². The number of carbonyl (C=O) groups is 2. The molecular formula is C20H20N2O4S. The molecule has 2 aliphatic rings. The summed E-state index contributed by atoms with van der Waals surface area (Å²) in [5.41, 5.74) is 1.55. The van der Waals surface area contributed by atoms with Gasteiger partial charge in [-0.15, -0.1) is 0 Å². The van der Waals surface area contributed by atoms with E-state index in [1.807, 2.05) is 0 Å². The van der Waals surface area contributed by atoms with E-state index < -0.39 is 21.8 Å². The summed E-state index contributed by atoms with van der Waals surface area (Å²) in [4.78, 5) is 26.6. The highest BCUT2D eigenvalue weighted by atomic mass is 32.2. The lowest BCUT2D eigenvalue weighted by molar-refractivity contribution is 0.0926. The van der Waals surface area contributed by atoms with Gasteiger partial charge < -0.3 is 0 Å². The van der Waals surface area contributed by atoms with Crippen LogP contribution in [0.3, 0.4) is 0 Å². The molecule has 0 N–H and O–H groups in total. The third kappa shape index (κ3) is 2.87. The Kier molecular flexibility index (Phi) is 4.36. The first-order valence-electron chi connectivity index (χ1n) is 9.00. The van der Waals surface area contributed by atoms with Gasteiger partial charge in [-0.25, -0.2) is 13.3 Å². The van der Waals surface area contributed by atoms with Crippen molar-refractivity contribution in [1.82, 2.24) is 4.31 Å². The topological polar surface area (TPSA) is 74.8 Å². The molecule has 6 nitrogen and oxygen atoms in total. The fourth-order valence-electron chi connectivity index (χ4n) is 3.67. The summed E-state index contributed by atoms with van der Waals surface area (Å²) in [6, 6.07) is 11.3. The van der Waals surface area contributed by atoms with Crippen molar-refractivity contribution in [1.29, 1.82) is 0 Å². The molecule has 2 aromatic carbocycles. The Bertz CT molecular complexity index is 1000. The van der Waals surface area contributed by atoms with Gasteiger partial charge in [-0.3, -0.25) is 9.59 Å². The highest BCUT2D eigenvalue weighted by Gasteiger charge is 2.37. The molecule has 2 amide bonds. The number of rotatable bonds is 3. The summed E-state index contributed by atoms with van der Waals surface area (Å²) in [5, 5.41) is 0. The largest absolute Gasteiger partial charge is 0.268 e. The van der Waals surface area contributed by atoms with Crippen molar-refractivity contribution in [3.63, 3.8) is 0 Å². The van der Waals surface area contributed by atoms with E-state index in [1.54, 1.807) is 43.3 Å². The second-order valence-corrected chi connectivity index (χ2v) is 8.81. The quantitative estimate of drug-likeness (QED) is 0.763. The Hall–Kier alpha value is -2.51. The smallest absolute Gasteiger partial charge is 0.266 e. The van der Waals surface area contributed by atoms with Gasteiger partial charge in [-0.2, -0.15) is 4.31 Å². The van der Waals surface area contributed by atoms with Gasteiger partial charge in [-0.05, 0) is 49.6 Å². The number of aryl methyl sites for hydroxylation is 1. The van der Waals surface area contributed by atoms with Crippen molar-refractivity contribution < 1.29 is 18.0 Å². The summed E-state index contributed by atoms with van der Waals surface area (Å²) in [5.74, 6) is -0.860. The van der Waals surface area contributed by atoms with Crippen molar-refractivity contribution in [3.8, 4) is 0 Å². The molecule has 2 aromatic rings. The number of nitrogens with zero attached hydrogens (tertiary/aromatic N) is 2.